The Bertz CT molecular complexity index is 949. The molecule has 0 N–H and O–H groups in total. The lowest BCUT2D eigenvalue weighted by atomic mass is 9.97. The lowest BCUT2D eigenvalue weighted by molar-refractivity contribution is 0.0694. The van der Waals surface area contributed by atoms with Crippen molar-refractivity contribution in [3.05, 3.63) is 47.9 Å². The number of hydrogen-bond acceptors (Lipinski definition) is 6. The van der Waals surface area contributed by atoms with Crippen molar-refractivity contribution in [2.24, 2.45) is 0 Å². The van der Waals surface area contributed by atoms with Crippen molar-refractivity contribution in [1.29, 1.82) is 0 Å². The van der Waals surface area contributed by atoms with Crippen LogP contribution in [0.15, 0.2) is 35.2 Å². The van der Waals surface area contributed by atoms with E-state index < -0.39 is 0 Å². The first-order valence-electron chi connectivity index (χ1n) is 9.73. The first kappa shape index (κ1) is 18.3. The molecule has 1 amide bonds. The van der Waals surface area contributed by atoms with E-state index in [1.54, 1.807) is 18.6 Å². The fourth-order valence-corrected chi connectivity index (χ4v) is 3.64. The Morgan fingerprint density at radius 1 is 1.36 bits per heavy atom. The molecule has 8 nitrogen and oxygen atoms in total. The van der Waals surface area contributed by atoms with Gasteiger partial charge in [0.15, 0.2) is 0 Å². The van der Waals surface area contributed by atoms with Crippen LogP contribution in [0.25, 0.3) is 11.4 Å². The van der Waals surface area contributed by atoms with E-state index in [0.29, 0.717) is 23.8 Å². The van der Waals surface area contributed by atoms with Gasteiger partial charge in [0.25, 0.3) is 5.91 Å². The number of hydrogen-bond donors (Lipinski definition) is 0. The van der Waals surface area contributed by atoms with Crippen LogP contribution < -0.4 is 0 Å². The molecule has 3 aromatic rings. The molecule has 1 aliphatic heterocycles. The second kappa shape index (κ2) is 7.92. The molecule has 0 aliphatic carbocycles. The van der Waals surface area contributed by atoms with E-state index in [-0.39, 0.29) is 11.8 Å². The van der Waals surface area contributed by atoms with Gasteiger partial charge in [0.1, 0.15) is 0 Å². The van der Waals surface area contributed by atoms with E-state index in [4.69, 9.17) is 4.52 Å². The van der Waals surface area contributed by atoms with Crippen LogP contribution in [-0.2, 0) is 6.54 Å². The minimum Gasteiger partial charge on any atom is -0.339 e. The molecule has 8 heteroatoms. The molecule has 0 spiro atoms. The molecule has 28 heavy (non-hydrogen) atoms. The first-order chi connectivity index (χ1) is 13.7. The van der Waals surface area contributed by atoms with Crippen LogP contribution in [0.2, 0.25) is 0 Å². The van der Waals surface area contributed by atoms with E-state index in [2.05, 4.69) is 27.1 Å². The number of piperidine rings is 1. The predicted molar refractivity (Wildman–Crippen MR) is 103 cm³/mol. The molecule has 0 bridgehead atoms. The van der Waals surface area contributed by atoms with Crippen molar-refractivity contribution < 1.29 is 9.32 Å². The van der Waals surface area contributed by atoms with E-state index in [1.807, 2.05) is 28.6 Å². The van der Waals surface area contributed by atoms with Gasteiger partial charge in [-0.15, -0.1) is 0 Å². The molecule has 1 fully saturated rings. The van der Waals surface area contributed by atoms with Crippen molar-refractivity contribution in [2.75, 3.05) is 13.1 Å². The quantitative estimate of drug-likeness (QED) is 0.676. The molecular weight excluding hydrogens is 356 g/mol. The monoisotopic (exact) mass is 380 g/mol. The Kier molecular flexibility index (Phi) is 5.18. The normalized spacial score (nSPS) is 17.1. The van der Waals surface area contributed by atoms with Gasteiger partial charge in [-0.25, -0.2) is 0 Å². The van der Waals surface area contributed by atoms with E-state index in [0.717, 1.165) is 43.6 Å². The molecule has 4 rings (SSSR count). The number of carbonyl (C=O) groups excluding carboxylic acids is 1. The highest BCUT2D eigenvalue weighted by Crippen LogP contribution is 2.28. The first-order valence-corrected chi connectivity index (χ1v) is 9.73. The van der Waals surface area contributed by atoms with Gasteiger partial charge >= 0.3 is 0 Å². The standard InChI is InChI=1S/C20H24N6O2/c1-3-9-26-14(2)17(12-22-26)20(27)25-10-5-7-16(13-25)19-23-18(24-28-19)15-6-4-8-21-11-15/h4,6,8,11-12,16H,3,5,7,9-10,13H2,1-2H3. The molecule has 1 aliphatic rings. The van der Waals surface area contributed by atoms with Gasteiger partial charge in [-0.3, -0.25) is 14.5 Å². The van der Waals surface area contributed by atoms with Crippen molar-refractivity contribution >= 4 is 5.91 Å². The average Bonchev–Trinajstić information content (AvgIpc) is 3.37. The molecule has 0 saturated carbocycles. The average molecular weight is 380 g/mol. The minimum atomic E-state index is 0.0246. The van der Waals surface area contributed by atoms with E-state index in [1.165, 1.54) is 0 Å². The summed E-state index contributed by atoms with van der Waals surface area (Å²) >= 11 is 0. The molecule has 4 heterocycles. The Balaban J connectivity index is 1.49. The second-order valence-corrected chi connectivity index (χ2v) is 7.16. The molecule has 1 atom stereocenters. The Labute approximate surface area is 163 Å². The lowest BCUT2D eigenvalue weighted by Gasteiger charge is -2.31. The summed E-state index contributed by atoms with van der Waals surface area (Å²) in [4.78, 5) is 23.6. The number of aryl methyl sites for hydroxylation is 1. The highest BCUT2D eigenvalue weighted by atomic mass is 16.5. The van der Waals surface area contributed by atoms with Crippen LogP contribution in [0.4, 0.5) is 0 Å². The zero-order valence-corrected chi connectivity index (χ0v) is 16.2. The Morgan fingerprint density at radius 2 is 2.25 bits per heavy atom. The third kappa shape index (κ3) is 3.54. The SMILES string of the molecule is CCCn1ncc(C(=O)N2CCCC(c3nc(-c4cccnc4)no3)C2)c1C. The lowest BCUT2D eigenvalue weighted by Crippen LogP contribution is -2.39. The number of amides is 1. The zero-order chi connectivity index (χ0) is 19.5. The largest absolute Gasteiger partial charge is 0.339 e. The number of nitrogens with zero attached hydrogens (tertiary/aromatic N) is 6. The maximum Gasteiger partial charge on any atom is 0.257 e. The molecule has 3 aromatic heterocycles. The van der Waals surface area contributed by atoms with Crippen molar-refractivity contribution in [1.82, 2.24) is 29.8 Å². The highest BCUT2D eigenvalue weighted by Gasteiger charge is 2.30. The van der Waals surface area contributed by atoms with Gasteiger partial charge < -0.3 is 9.42 Å². The summed E-state index contributed by atoms with van der Waals surface area (Å²) in [5.74, 6) is 1.18. The van der Waals surface area contributed by atoms with E-state index in [9.17, 15) is 4.79 Å². The van der Waals surface area contributed by atoms with Gasteiger partial charge in [0, 0.05) is 43.3 Å². The maximum atomic E-state index is 13.0. The zero-order valence-electron chi connectivity index (χ0n) is 16.2. The van der Waals surface area contributed by atoms with Gasteiger partial charge in [0.2, 0.25) is 11.7 Å². The summed E-state index contributed by atoms with van der Waals surface area (Å²) in [6.45, 7) is 6.18. The fourth-order valence-electron chi connectivity index (χ4n) is 3.64. The van der Waals surface area contributed by atoms with Crippen LogP contribution in [0.3, 0.4) is 0 Å². The number of likely N-dealkylation sites (tertiary alicyclic amines) is 1. The molecule has 0 aromatic carbocycles. The second-order valence-electron chi connectivity index (χ2n) is 7.16. The molecular formula is C20H24N6O2. The molecule has 0 radical (unpaired) electrons. The smallest absolute Gasteiger partial charge is 0.257 e. The topological polar surface area (TPSA) is 89.9 Å². The highest BCUT2D eigenvalue weighted by molar-refractivity contribution is 5.95. The third-order valence-corrected chi connectivity index (χ3v) is 5.19. The summed E-state index contributed by atoms with van der Waals surface area (Å²) in [7, 11) is 0. The van der Waals surface area contributed by atoms with Gasteiger partial charge in [-0.1, -0.05) is 12.1 Å². The van der Waals surface area contributed by atoms with Gasteiger partial charge in [0.05, 0.1) is 17.7 Å². The summed E-state index contributed by atoms with van der Waals surface area (Å²) < 4.78 is 7.40. The van der Waals surface area contributed by atoms with Crippen LogP contribution in [0, 0.1) is 6.92 Å². The van der Waals surface area contributed by atoms with Crippen LogP contribution in [-0.4, -0.2) is 48.8 Å². The third-order valence-electron chi connectivity index (χ3n) is 5.19. The minimum absolute atomic E-state index is 0.0246. The molecule has 146 valence electrons. The van der Waals surface area contributed by atoms with Crippen molar-refractivity contribution in [3.63, 3.8) is 0 Å². The van der Waals surface area contributed by atoms with Crippen molar-refractivity contribution in [2.45, 2.75) is 45.6 Å². The molecule has 1 saturated heterocycles. The summed E-state index contributed by atoms with van der Waals surface area (Å²) in [6.07, 6.45) is 7.92. The Morgan fingerprint density at radius 3 is 3.04 bits per heavy atom. The van der Waals surface area contributed by atoms with Gasteiger partial charge in [-0.05, 0) is 38.3 Å². The number of pyridine rings is 1. The number of rotatable bonds is 5. The van der Waals surface area contributed by atoms with E-state index >= 15 is 0 Å². The van der Waals surface area contributed by atoms with Crippen LogP contribution in [0.5, 0.6) is 0 Å². The van der Waals surface area contributed by atoms with Crippen LogP contribution >= 0.6 is 0 Å². The van der Waals surface area contributed by atoms with Gasteiger partial charge in [-0.2, -0.15) is 10.1 Å². The van der Waals surface area contributed by atoms with Crippen LogP contribution in [0.1, 0.15) is 54.0 Å². The summed E-state index contributed by atoms with van der Waals surface area (Å²) in [5, 5.41) is 8.44. The fraction of sp³-hybridized carbons (Fsp3) is 0.450. The molecule has 1 unspecified atom stereocenters. The summed E-state index contributed by atoms with van der Waals surface area (Å²) in [6, 6.07) is 3.74. The Hall–Kier alpha value is -3.03. The number of aromatic nitrogens is 5. The maximum absolute atomic E-state index is 13.0. The summed E-state index contributed by atoms with van der Waals surface area (Å²) in [5.41, 5.74) is 2.42. The van der Waals surface area contributed by atoms with Crippen molar-refractivity contribution in [3.8, 4) is 11.4 Å². The number of carbonyl (C=O) groups is 1. The predicted octanol–water partition coefficient (Wildman–Crippen LogP) is 3.07.